The molecule has 4 N–H and O–H groups in total. The Morgan fingerprint density at radius 1 is 0.250 bits per heavy atom. The molecule has 0 aromatic carbocycles. The number of hydrogen-bond donors (Lipinski definition) is 4. The van der Waals surface area contributed by atoms with E-state index in [0.29, 0.717) is 0 Å². The number of nitrogens with one attached hydrogen (secondary N) is 4. The van der Waals surface area contributed by atoms with Gasteiger partial charge in [0.2, 0.25) is 0 Å². The van der Waals surface area contributed by atoms with Gasteiger partial charge >= 0.3 is 0 Å². The number of allylic oxidation sites excluding steroid dienone is 2. The molecule has 25 rings (SSSR count). The highest BCUT2D eigenvalue weighted by molar-refractivity contribution is 8.12. The molecule has 17 heteroatoms. The Morgan fingerprint density at radius 3 is 0.616 bits per heavy atom. The van der Waals surface area contributed by atoms with E-state index in [1.165, 1.54) is 388 Å². The van der Waals surface area contributed by atoms with Gasteiger partial charge in [0.25, 0.3) is 0 Å². The normalized spacial score (nSPS) is 25.5. The standard InChI is InChI=1S/3C7H12.2C6H12.C6H10.2C5H10.3C4H4N2.4C4H9N.3C4H8O.2C3H5NS/c2*1-2-6-4-7(3-1)5-6;1-2-4-7-5-6(7)3-1;3*1-2-4-6-5-3-1;2*1-2-4-5-3-1;1-2-5-4-6-3-1;2*1-2-4-6-5-3-1;7*1-2-4-5-3-1;2*1-2-5-3-4-1/h3*6-7H,1-5H2;2*1-6H2;1-2H,3-6H2;2*1-5H2;3*1-4H;4*5H,1-4H2;3*1-4H2;2*3H,1-2H2. The Bertz CT molecular complexity index is 1820. The maximum absolute atomic E-state index is 4.94. The molecule has 7 saturated heterocycles. The van der Waals surface area contributed by atoms with Crippen molar-refractivity contribution in [2.75, 3.05) is 117 Å². The molecule has 3 aromatic rings. The lowest BCUT2D eigenvalue weighted by Crippen LogP contribution is -2.28. The molecule has 3 aromatic heterocycles. The Labute approximate surface area is 697 Å². The molecule has 2 unspecified atom stereocenters. The zero-order valence-electron chi connectivity index (χ0n) is 71.9. The molecule has 4 bridgehead atoms. The molecule has 13 aliphatic carbocycles. The summed E-state index contributed by atoms with van der Waals surface area (Å²) in [4.78, 5) is 15.2. The predicted octanol–water partition coefficient (Wildman–Crippen LogP) is 24.1. The topological polar surface area (TPSA) is 178 Å². The lowest BCUT2D eigenvalue weighted by atomic mass is 9.65. The van der Waals surface area contributed by atoms with Crippen molar-refractivity contribution < 1.29 is 14.2 Å². The van der Waals surface area contributed by atoms with Crippen LogP contribution in [0.3, 0.4) is 0 Å². The first-order valence-electron chi connectivity index (χ1n) is 47.4. The summed E-state index contributed by atoms with van der Waals surface area (Å²) in [6.07, 6.45) is 96.6. The number of nitrogens with zero attached hydrogens (tertiary/aromatic N) is 8. The second kappa shape index (κ2) is 84.2. The number of aromatic nitrogens is 6. The highest BCUT2D eigenvalue weighted by Crippen LogP contribution is 2.49. The van der Waals surface area contributed by atoms with Gasteiger partial charge in [-0.3, -0.25) is 9.98 Å². The Morgan fingerprint density at radius 2 is 0.518 bits per heavy atom. The summed E-state index contributed by atoms with van der Waals surface area (Å²) >= 11 is 3.56. The van der Waals surface area contributed by atoms with Crippen molar-refractivity contribution >= 4 is 34.6 Å². The zero-order valence-corrected chi connectivity index (χ0v) is 73.6. The monoisotopic (exact) mass is 1590 g/mol. The van der Waals surface area contributed by atoms with Crippen LogP contribution in [0.4, 0.5) is 0 Å². The zero-order chi connectivity index (χ0) is 78.4. The summed E-state index contributed by atoms with van der Waals surface area (Å²) in [5.74, 6) is 9.51. The third kappa shape index (κ3) is 72.0. The van der Waals surface area contributed by atoms with Gasteiger partial charge in [-0.05, 0) is 266 Å². The van der Waals surface area contributed by atoms with Gasteiger partial charge in [0, 0.05) is 101 Å². The van der Waals surface area contributed by atoms with E-state index in [9.17, 15) is 0 Å². The number of thioether (sulfide) groups is 2. The number of rotatable bonds is 0. The van der Waals surface area contributed by atoms with Crippen molar-refractivity contribution in [3.63, 3.8) is 0 Å². The third-order valence-corrected chi connectivity index (χ3v) is 24.4. The number of fused-ring (bicyclic) bond motifs is 5. The van der Waals surface area contributed by atoms with E-state index in [-0.39, 0.29) is 0 Å². The maximum Gasteiger partial charge on any atom is 0.115 e. The summed E-state index contributed by atoms with van der Waals surface area (Å²) in [5.41, 5.74) is 3.81. The lowest BCUT2D eigenvalue weighted by molar-refractivity contribution is 0.115. The van der Waals surface area contributed by atoms with Crippen LogP contribution in [0.5, 0.6) is 0 Å². The molecule has 12 saturated carbocycles. The predicted molar refractivity (Wildman–Crippen MR) is 486 cm³/mol. The van der Waals surface area contributed by atoms with Crippen molar-refractivity contribution in [3.8, 4) is 0 Å². The van der Waals surface area contributed by atoms with Gasteiger partial charge in [-0.1, -0.05) is 218 Å². The van der Waals surface area contributed by atoms with Crippen LogP contribution in [0.2, 0.25) is 0 Å². The van der Waals surface area contributed by atoms with E-state index in [1.807, 2.05) is 35.4 Å². The van der Waals surface area contributed by atoms with Crippen LogP contribution in [0.15, 0.2) is 96.0 Å². The number of aliphatic imine (C=N–C) groups is 2. The molecule has 112 heavy (non-hydrogen) atoms. The van der Waals surface area contributed by atoms with Crippen molar-refractivity contribution in [3.05, 3.63) is 86.0 Å². The Balaban J connectivity index is 0.000000249. The lowest BCUT2D eigenvalue weighted by Gasteiger charge is -2.40. The summed E-state index contributed by atoms with van der Waals surface area (Å²) in [6.45, 7) is 18.1. The first-order chi connectivity index (χ1) is 55.9. The Kier molecular flexibility index (Phi) is 76.0. The number of ether oxygens (including phenoxy) is 3. The fourth-order valence-electron chi connectivity index (χ4n) is 15.9. The molecular weight excluding hydrogens is 1420 g/mol. The smallest absolute Gasteiger partial charge is 0.115 e. The van der Waals surface area contributed by atoms with Crippen LogP contribution in [0.1, 0.15) is 353 Å². The minimum absolute atomic E-state index is 1.00. The fourth-order valence-corrected chi connectivity index (χ4v) is 16.9. The van der Waals surface area contributed by atoms with Crippen LogP contribution in [0, 0.1) is 35.5 Å². The first-order valence-corrected chi connectivity index (χ1v) is 49.5. The average Bonchev–Trinajstić information content (AvgIpc) is 1.60. The van der Waals surface area contributed by atoms with E-state index >= 15 is 0 Å². The van der Waals surface area contributed by atoms with Gasteiger partial charge in [-0.15, -0.1) is 23.5 Å². The molecule has 0 radical (unpaired) electrons. The van der Waals surface area contributed by atoms with Gasteiger partial charge in [-0.25, -0.2) is 9.97 Å². The highest BCUT2D eigenvalue weighted by Gasteiger charge is 2.38. The summed E-state index contributed by atoms with van der Waals surface area (Å²) in [7, 11) is 0. The molecule has 15 nitrogen and oxygen atoms in total. The van der Waals surface area contributed by atoms with Crippen LogP contribution < -0.4 is 21.3 Å². The van der Waals surface area contributed by atoms with Crippen LogP contribution in [-0.2, 0) is 14.2 Å². The molecule has 642 valence electrons. The molecule has 12 heterocycles. The van der Waals surface area contributed by atoms with Crippen molar-refractivity contribution in [1.82, 2.24) is 51.6 Å². The van der Waals surface area contributed by atoms with Gasteiger partial charge in [0.15, 0.2) is 0 Å². The molecule has 22 aliphatic rings. The van der Waals surface area contributed by atoms with E-state index in [2.05, 4.69) is 73.8 Å². The van der Waals surface area contributed by atoms with Crippen molar-refractivity contribution in [1.29, 1.82) is 0 Å². The summed E-state index contributed by atoms with van der Waals surface area (Å²) in [6, 6.07) is 9.08. The maximum atomic E-state index is 4.94. The fraction of sp³-hybridized carbons (Fsp3) is 0.832. The molecule has 2 atom stereocenters. The van der Waals surface area contributed by atoms with Crippen LogP contribution >= 0.6 is 23.5 Å². The second-order valence-electron chi connectivity index (χ2n) is 33.1. The molecule has 0 amide bonds. The highest BCUT2D eigenvalue weighted by atomic mass is 32.2. The van der Waals surface area contributed by atoms with Crippen molar-refractivity contribution in [2.45, 2.75) is 353 Å². The van der Waals surface area contributed by atoms with E-state index in [0.717, 1.165) is 52.7 Å². The Hall–Kier alpha value is -3.26. The molecule has 9 aliphatic heterocycles. The third-order valence-electron chi connectivity index (χ3n) is 23.0. The summed E-state index contributed by atoms with van der Waals surface area (Å²) < 4.78 is 14.8. The summed E-state index contributed by atoms with van der Waals surface area (Å²) in [5, 5.41) is 27.0. The van der Waals surface area contributed by atoms with E-state index < -0.39 is 0 Å². The van der Waals surface area contributed by atoms with Crippen molar-refractivity contribution in [2.24, 2.45) is 45.5 Å². The van der Waals surface area contributed by atoms with E-state index in [4.69, 9.17) is 14.2 Å². The van der Waals surface area contributed by atoms with E-state index in [1.54, 1.807) is 137 Å². The second-order valence-corrected chi connectivity index (χ2v) is 35.0. The molecule has 0 spiro atoms. The minimum Gasteiger partial charge on any atom is -0.381 e. The largest absolute Gasteiger partial charge is 0.381 e. The molecule has 19 fully saturated rings. The van der Waals surface area contributed by atoms with Gasteiger partial charge in [0.05, 0.1) is 11.1 Å². The van der Waals surface area contributed by atoms with Gasteiger partial charge < -0.3 is 35.5 Å². The quantitative estimate of drug-likeness (QED) is 0.156. The number of hydrogen-bond acceptors (Lipinski definition) is 17. The van der Waals surface area contributed by atoms with Crippen LogP contribution in [-0.4, -0.2) is 158 Å². The average molecular weight is 1590 g/mol. The SMILES string of the molecule is C1=CCCCC1.C1=NCCS1.C1=NCCS1.C1CC2CC(C1)C2.C1CC2CC(C1)C2.C1CCC2CC2C1.C1CCCC1.C1CCCC1.C1CCCCC1.C1CCCCC1.C1CCNC1.C1CCNC1.C1CCNC1.C1CCNC1.C1CCOC1.C1CCOC1.C1CCOC1.c1ccnnc1.c1ccnnc1.c1cncnc1. The van der Waals surface area contributed by atoms with Gasteiger partial charge in [-0.2, -0.15) is 20.4 Å². The van der Waals surface area contributed by atoms with Gasteiger partial charge in [0.1, 0.15) is 6.33 Å². The van der Waals surface area contributed by atoms with Crippen LogP contribution in [0.25, 0.3) is 0 Å². The molecular formula is C95H172N12O3S2. The minimum atomic E-state index is 1.00. The first kappa shape index (κ1) is 101.